The van der Waals surface area contributed by atoms with E-state index in [1.165, 1.54) is 37.7 Å². The minimum atomic E-state index is 0.470. The fourth-order valence-corrected chi connectivity index (χ4v) is 2.91. The number of hydrogen-bond donors (Lipinski definition) is 0. The smallest absolute Gasteiger partial charge is 0.137 e. The maximum absolute atomic E-state index is 11.3. The summed E-state index contributed by atoms with van der Waals surface area (Å²) >= 11 is 0. The monoisotopic (exact) mass is 192 g/mol. The first-order chi connectivity index (χ1) is 6.79. The summed E-state index contributed by atoms with van der Waals surface area (Å²) in [5.41, 5.74) is 3.16. The molecule has 0 radical (unpaired) electrons. The van der Waals surface area contributed by atoms with Crippen LogP contribution in [0.25, 0.3) is 0 Å². The van der Waals surface area contributed by atoms with Gasteiger partial charge in [-0.1, -0.05) is 30.9 Å². The van der Waals surface area contributed by atoms with Gasteiger partial charge in [-0.3, -0.25) is 4.79 Å². The molecule has 0 heterocycles. The van der Waals surface area contributed by atoms with E-state index >= 15 is 0 Å². The van der Waals surface area contributed by atoms with Crippen molar-refractivity contribution in [3.8, 4) is 0 Å². The van der Waals surface area contributed by atoms with Crippen LogP contribution in [0.4, 0.5) is 0 Å². The maximum atomic E-state index is 11.3. The number of ketones is 1. The first-order valence-corrected chi connectivity index (χ1v) is 6.01. The van der Waals surface area contributed by atoms with Crippen LogP contribution < -0.4 is 0 Å². The van der Waals surface area contributed by atoms with Gasteiger partial charge in [0.1, 0.15) is 5.78 Å². The summed E-state index contributed by atoms with van der Waals surface area (Å²) in [6, 6.07) is 0. The SMILES string of the molecule is CCCC1CCC2=C(CCC(=O)C2)C1. The molecule has 0 aromatic rings. The van der Waals surface area contributed by atoms with E-state index in [2.05, 4.69) is 6.92 Å². The van der Waals surface area contributed by atoms with E-state index in [1.807, 2.05) is 0 Å². The van der Waals surface area contributed by atoms with Crippen LogP contribution in [0.3, 0.4) is 0 Å². The molecule has 0 spiro atoms. The van der Waals surface area contributed by atoms with Crippen LogP contribution >= 0.6 is 0 Å². The van der Waals surface area contributed by atoms with E-state index in [0.29, 0.717) is 5.78 Å². The lowest BCUT2D eigenvalue weighted by Gasteiger charge is -2.29. The molecule has 0 saturated heterocycles. The second kappa shape index (κ2) is 4.29. The molecule has 1 heteroatoms. The van der Waals surface area contributed by atoms with E-state index in [0.717, 1.165) is 25.2 Å². The van der Waals surface area contributed by atoms with Gasteiger partial charge >= 0.3 is 0 Å². The highest BCUT2D eigenvalue weighted by Crippen LogP contribution is 2.38. The predicted molar refractivity (Wildman–Crippen MR) is 58.1 cm³/mol. The summed E-state index contributed by atoms with van der Waals surface area (Å²) in [7, 11) is 0. The van der Waals surface area contributed by atoms with Gasteiger partial charge in [0, 0.05) is 12.8 Å². The van der Waals surface area contributed by atoms with Gasteiger partial charge in [-0.05, 0) is 31.6 Å². The average molecular weight is 192 g/mol. The van der Waals surface area contributed by atoms with E-state index in [9.17, 15) is 4.79 Å². The second-order valence-electron chi connectivity index (χ2n) is 4.82. The Labute approximate surface area is 86.6 Å². The fraction of sp³-hybridized carbons (Fsp3) is 0.769. The molecule has 2 aliphatic carbocycles. The van der Waals surface area contributed by atoms with Crippen LogP contribution in [0.5, 0.6) is 0 Å². The van der Waals surface area contributed by atoms with Crippen LogP contribution in [0.1, 0.15) is 58.3 Å². The van der Waals surface area contributed by atoms with Gasteiger partial charge in [0.25, 0.3) is 0 Å². The zero-order valence-electron chi connectivity index (χ0n) is 9.14. The molecule has 1 atom stereocenters. The summed E-state index contributed by atoms with van der Waals surface area (Å²) in [6.07, 6.45) is 9.22. The molecule has 78 valence electrons. The topological polar surface area (TPSA) is 17.1 Å². The minimum Gasteiger partial charge on any atom is -0.299 e. The summed E-state index contributed by atoms with van der Waals surface area (Å²) < 4.78 is 0. The van der Waals surface area contributed by atoms with Crippen molar-refractivity contribution >= 4 is 5.78 Å². The summed E-state index contributed by atoms with van der Waals surface area (Å²) in [5, 5.41) is 0. The van der Waals surface area contributed by atoms with Crippen molar-refractivity contribution in [2.75, 3.05) is 0 Å². The van der Waals surface area contributed by atoms with Gasteiger partial charge in [0.05, 0.1) is 0 Å². The molecule has 0 bridgehead atoms. The third-order valence-electron chi connectivity index (χ3n) is 3.70. The van der Waals surface area contributed by atoms with Gasteiger partial charge in [0.15, 0.2) is 0 Å². The number of carbonyl (C=O) groups excluding carboxylic acids is 1. The molecular formula is C13H20O. The van der Waals surface area contributed by atoms with E-state index in [1.54, 1.807) is 5.57 Å². The molecule has 0 N–H and O–H groups in total. The maximum Gasteiger partial charge on any atom is 0.137 e. The van der Waals surface area contributed by atoms with Gasteiger partial charge in [0.2, 0.25) is 0 Å². The molecule has 0 amide bonds. The van der Waals surface area contributed by atoms with Gasteiger partial charge < -0.3 is 0 Å². The molecule has 1 unspecified atom stereocenters. The molecule has 14 heavy (non-hydrogen) atoms. The minimum absolute atomic E-state index is 0.470. The van der Waals surface area contributed by atoms with E-state index < -0.39 is 0 Å². The third kappa shape index (κ3) is 2.08. The molecule has 0 fully saturated rings. The lowest BCUT2D eigenvalue weighted by molar-refractivity contribution is -0.118. The lowest BCUT2D eigenvalue weighted by Crippen LogP contribution is -2.17. The van der Waals surface area contributed by atoms with Gasteiger partial charge in [-0.2, -0.15) is 0 Å². The fourth-order valence-electron chi connectivity index (χ4n) is 2.91. The zero-order chi connectivity index (χ0) is 9.97. The number of hydrogen-bond acceptors (Lipinski definition) is 1. The van der Waals surface area contributed by atoms with Crippen LogP contribution in [0.15, 0.2) is 11.1 Å². The number of rotatable bonds is 2. The summed E-state index contributed by atoms with van der Waals surface area (Å²) in [5.74, 6) is 1.39. The van der Waals surface area contributed by atoms with Crippen LogP contribution in [0, 0.1) is 5.92 Å². The first-order valence-electron chi connectivity index (χ1n) is 6.01. The predicted octanol–water partition coefficient (Wildman–Crippen LogP) is 3.64. The van der Waals surface area contributed by atoms with Crippen molar-refractivity contribution < 1.29 is 4.79 Å². The third-order valence-corrected chi connectivity index (χ3v) is 3.70. The summed E-state index contributed by atoms with van der Waals surface area (Å²) in [4.78, 5) is 11.3. The standard InChI is InChI=1S/C13H20O/c1-2-3-10-4-5-12-9-13(14)7-6-11(12)8-10/h10H,2-9H2,1H3. The van der Waals surface area contributed by atoms with Crippen LogP contribution in [-0.2, 0) is 4.79 Å². The van der Waals surface area contributed by atoms with E-state index in [-0.39, 0.29) is 0 Å². The second-order valence-corrected chi connectivity index (χ2v) is 4.82. The Balaban J connectivity index is 2.01. The van der Waals surface area contributed by atoms with Crippen molar-refractivity contribution in [1.82, 2.24) is 0 Å². The molecule has 0 aliphatic heterocycles. The molecule has 0 aromatic carbocycles. The molecule has 0 saturated carbocycles. The van der Waals surface area contributed by atoms with Gasteiger partial charge in [-0.25, -0.2) is 0 Å². The molecule has 2 aliphatic rings. The first kappa shape index (κ1) is 9.95. The van der Waals surface area contributed by atoms with E-state index in [4.69, 9.17) is 0 Å². The van der Waals surface area contributed by atoms with Crippen molar-refractivity contribution in [3.05, 3.63) is 11.1 Å². The Morgan fingerprint density at radius 1 is 1.21 bits per heavy atom. The Bertz CT molecular complexity index is 262. The van der Waals surface area contributed by atoms with Crippen LogP contribution in [0.2, 0.25) is 0 Å². The Kier molecular flexibility index (Phi) is 3.05. The normalized spacial score (nSPS) is 27.8. The Morgan fingerprint density at radius 3 is 2.86 bits per heavy atom. The molecule has 0 aromatic heterocycles. The number of allylic oxidation sites excluding steroid dienone is 2. The Morgan fingerprint density at radius 2 is 2.07 bits per heavy atom. The van der Waals surface area contributed by atoms with Crippen molar-refractivity contribution in [2.24, 2.45) is 5.92 Å². The lowest BCUT2D eigenvalue weighted by atomic mass is 9.76. The highest BCUT2D eigenvalue weighted by Gasteiger charge is 2.24. The number of carbonyl (C=O) groups is 1. The zero-order valence-corrected chi connectivity index (χ0v) is 9.14. The van der Waals surface area contributed by atoms with Crippen molar-refractivity contribution in [1.29, 1.82) is 0 Å². The quantitative estimate of drug-likeness (QED) is 0.610. The van der Waals surface area contributed by atoms with Crippen molar-refractivity contribution in [2.45, 2.75) is 58.3 Å². The van der Waals surface area contributed by atoms with Crippen LogP contribution in [-0.4, -0.2) is 5.78 Å². The average Bonchev–Trinajstić information content (AvgIpc) is 2.19. The highest BCUT2D eigenvalue weighted by atomic mass is 16.1. The van der Waals surface area contributed by atoms with Gasteiger partial charge in [-0.15, -0.1) is 0 Å². The summed E-state index contributed by atoms with van der Waals surface area (Å²) in [6.45, 7) is 2.27. The molecule has 2 rings (SSSR count). The highest BCUT2D eigenvalue weighted by molar-refractivity contribution is 5.82. The van der Waals surface area contributed by atoms with Crippen molar-refractivity contribution in [3.63, 3.8) is 0 Å². The molecule has 1 nitrogen and oxygen atoms in total. The largest absolute Gasteiger partial charge is 0.299 e. The Hall–Kier alpha value is -0.590. The number of Topliss-reactive ketones (excluding diaryl/α,β-unsaturated/α-hetero) is 1. The molecular weight excluding hydrogens is 172 g/mol.